The summed E-state index contributed by atoms with van der Waals surface area (Å²) in [5, 5.41) is 0. The van der Waals surface area contributed by atoms with Crippen LogP contribution in [0.4, 0.5) is 4.79 Å². The maximum Gasteiger partial charge on any atom is 0.508 e. The highest BCUT2D eigenvalue weighted by Gasteiger charge is 2.66. The van der Waals surface area contributed by atoms with E-state index in [1.807, 2.05) is 31.2 Å². The number of carbonyl (C=O) groups is 2. The van der Waals surface area contributed by atoms with E-state index in [0.29, 0.717) is 61.7 Å². The number of hydrogen-bond acceptors (Lipinski definition) is 9. The van der Waals surface area contributed by atoms with Crippen LogP contribution in [0.1, 0.15) is 96.6 Å². The van der Waals surface area contributed by atoms with Crippen LogP contribution in [0.2, 0.25) is 0 Å². The van der Waals surface area contributed by atoms with Gasteiger partial charge in [-0.25, -0.2) is 4.79 Å². The molecule has 4 aliphatic rings. The van der Waals surface area contributed by atoms with Crippen LogP contribution in [0.3, 0.4) is 0 Å². The number of rotatable bonds is 14. The largest absolute Gasteiger partial charge is 0.508 e. The van der Waals surface area contributed by atoms with Gasteiger partial charge >= 0.3 is 12.1 Å². The second kappa shape index (κ2) is 17.0. The van der Waals surface area contributed by atoms with E-state index in [4.69, 9.17) is 33.2 Å². The summed E-state index contributed by atoms with van der Waals surface area (Å²) in [6.45, 7) is 10.5. The molecule has 0 unspecified atom stereocenters. The lowest BCUT2D eigenvalue weighted by Crippen LogP contribution is -2.63. The minimum atomic E-state index is -0.569. The molecule has 0 spiro atoms. The minimum absolute atomic E-state index is 0.0373. The molecule has 9 heteroatoms. The van der Waals surface area contributed by atoms with Gasteiger partial charge < -0.3 is 33.2 Å². The molecule has 6 rings (SSSR count). The van der Waals surface area contributed by atoms with Crippen molar-refractivity contribution in [3.63, 3.8) is 0 Å². The van der Waals surface area contributed by atoms with E-state index < -0.39 is 6.16 Å². The van der Waals surface area contributed by atoms with E-state index in [-0.39, 0.29) is 35.1 Å². The highest BCUT2D eigenvalue weighted by atomic mass is 16.7. The Morgan fingerprint density at radius 2 is 1.45 bits per heavy atom. The topological polar surface area (TPSA) is 98.8 Å². The van der Waals surface area contributed by atoms with Gasteiger partial charge in [0, 0.05) is 11.8 Å². The molecule has 292 valence electrons. The number of fused-ring (bicyclic) bond motifs is 5. The Hall–Kier alpha value is -3.30. The van der Waals surface area contributed by atoms with Gasteiger partial charge in [0.2, 0.25) is 0 Å². The van der Waals surface area contributed by atoms with E-state index in [9.17, 15) is 9.59 Å². The lowest BCUT2D eigenvalue weighted by Gasteiger charge is -2.64. The summed E-state index contributed by atoms with van der Waals surface area (Å²) in [4.78, 5) is 24.7. The molecule has 2 aromatic rings. The van der Waals surface area contributed by atoms with Gasteiger partial charge in [0.25, 0.3) is 0 Å². The third kappa shape index (κ3) is 8.22. The predicted octanol–water partition coefficient (Wildman–Crippen LogP) is 9.18. The number of hydrogen-bond donors (Lipinski definition) is 0. The van der Waals surface area contributed by atoms with E-state index in [2.05, 4.69) is 45.0 Å². The van der Waals surface area contributed by atoms with Crippen LogP contribution in [0.15, 0.2) is 48.5 Å². The lowest BCUT2D eigenvalue weighted by molar-refractivity contribution is -0.230. The van der Waals surface area contributed by atoms with Gasteiger partial charge in [0.15, 0.2) is 0 Å². The van der Waals surface area contributed by atoms with E-state index in [1.54, 1.807) is 14.2 Å². The highest BCUT2D eigenvalue weighted by Crippen LogP contribution is 2.69. The molecule has 0 heterocycles. The smallest absolute Gasteiger partial charge is 0.497 e. The third-order valence-corrected chi connectivity index (χ3v) is 14.2. The van der Waals surface area contributed by atoms with Crippen molar-refractivity contribution < 1.29 is 42.7 Å². The number of carbonyl (C=O) groups excluding carboxylic acids is 2. The Kier molecular flexibility index (Phi) is 12.6. The van der Waals surface area contributed by atoms with E-state index in [1.165, 1.54) is 7.11 Å². The average molecular weight is 735 g/mol. The first-order valence-electron chi connectivity index (χ1n) is 19.9. The summed E-state index contributed by atoms with van der Waals surface area (Å²) >= 11 is 0. The molecular formula is C44H62O9. The zero-order valence-corrected chi connectivity index (χ0v) is 33.0. The standard InChI is InChI=1S/C44H62O9/c1-8-50-42(46)53-34-21-22-43(3)31(23-34)24-38(51-26-29-10-14-32(47-5)15-11-29)41-36-19-18-35(28(2)9-20-40(45)49-7)44(36,4)39(25-37(41)43)52-27-30-12-16-33(48-6)17-13-30/h10-17,28,31,34-39,41H,8-9,18-27H2,1-7H3/t28-,31+,34-,35-,36+,37+,38-,39+,41+,43+,44-/m1/s1. The Balaban J connectivity index is 1.33. The second-order valence-electron chi connectivity index (χ2n) is 16.6. The Bertz CT molecular complexity index is 1510. The monoisotopic (exact) mass is 734 g/mol. The SMILES string of the molecule is CCOC(=O)O[C@@H]1CC[C@@]2(C)[C@@H](C1)C[C@@H](OCc1ccc(OC)cc1)[C@@H]1[C@@H]2C[C@H](OCc2ccc(OC)cc2)[C@]2(C)[C@@H]([C@H](C)CCC(=O)OC)CC[C@@H]12. The second-order valence-corrected chi connectivity index (χ2v) is 16.6. The molecule has 0 radical (unpaired) electrons. The van der Waals surface area contributed by atoms with Crippen LogP contribution in [0.25, 0.3) is 0 Å². The molecule has 11 atom stereocenters. The maximum absolute atomic E-state index is 12.4. The molecule has 0 saturated heterocycles. The summed E-state index contributed by atoms with van der Waals surface area (Å²) in [5.41, 5.74) is 2.21. The van der Waals surface area contributed by atoms with Crippen LogP contribution < -0.4 is 9.47 Å². The summed E-state index contributed by atoms with van der Waals surface area (Å²) in [5.74, 6) is 3.75. The van der Waals surface area contributed by atoms with Crippen LogP contribution >= 0.6 is 0 Å². The maximum atomic E-state index is 12.4. The fraction of sp³-hybridized carbons (Fsp3) is 0.682. The first-order valence-corrected chi connectivity index (χ1v) is 19.9. The van der Waals surface area contributed by atoms with Crippen molar-refractivity contribution in [3.05, 3.63) is 59.7 Å². The number of ether oxygens (including phenoxy) is 7. The molecule has 0 N–H and O–H groups in total. The normalized spacial score (nSPS) is 33.8. The van der Waals surface area contributed by atoms with Crippen molar-refractivity contribution in [2.75, 3.05) is 27.9 Å². The van der Waals surface area contributed by atoms with Gasteiger partial charge in [-0.3, -0.25) is 4.79 Å². The van der Waals surface area contributed by atoms with Crippen LogP contribution in [-0.2, 0) is 41.7 Å². The lowest BCUT2D eigenvalue weighted by atomic mass is 9.43. The van der Waals surface area contributed by atoms with Crippen LogP contribution in [0.5, 0.6) is 11.5 Å². The molecule has 4 aliphatic carbocycles. The number of benzene rings is 2. The van der Waals surface area contributed by atoms with Gasteiger partial charge in [-0.1, -0.05) is 45.0 Å². The van der Waals surface area contributed by atoms with Crippen molar-refractivity contribution in [1.29, 1.82) is 0 Å². The van der Waals surface area contributed by atoms with Gasteiger partial charge in [-0.2, -0.15) is 0 Å². The van der Waals surface area contributed by atoms with Crippen molar-refractivity contribution in [2.24, 2.45) is 46.3 Å². The first-order chi connectivity index (χ1) is 25.5. The van der Waals surface area contributed by atoms with E-state index >= 15 is 0 Å². The zero-order chi connectivity index (χ0) is 37.8. The highest BCUT2D eigenvalue weighted by molar-refractivity contribution is 5.69. The Labute approximate surface area is 316 Å². The predicted molar refractivity (Wildman–Crippen MR) is 201 cm³/mol. The number of methoxy groups -OCH3 is 3. The van der Waals surface area contributed by atoms with Crippen molar-refractivity contribution in [3.8, 4) is 11.5 Å². The summed E-state index contributed by atoms with van der Waals surface area (Å²) in [6, 6.07) is 16.4. The molecule has 0 amide bonds. The first kappa shape index (κ1) is 39.4. The average Bonchev–Trinajstić information content (AvgIpc) is 3.53. The van der Waals surface area contributed by atoms with Gasteiger partial charge in [0.05, 0.1) is 53.4 Å². The van der Waals surface area contributed by atoms with Crippen LogP contribution in [0, 0.1) is 46.3 Å². The van der Waals surface area contributed by atoms with Gasteiger partial charge in [0.1, 0.15) is 17.6 Å². The quantitative estimate of drug-likeness (QED) is 0.176. The Morgan fingerprint density at radius 1 is 0.811 bits per heavy atom. The fourth-order valence-electron chi connectivity index (χ4n) is 11.4. The molecule has 2 aromatic carbocycles. The Morgan fingerprint density at radius 3 is 2.06 bits per heavy atom. The molecule has 0 aromatic heterocycles. The van der Waals surface area contributed by atoms with Crippen molar-refractivity contribution in [2.45, 2.75) is 117 Å². The van der Waals surface area contributed by atoms with Crippen molar-refractivity contribution >= 4 is 12.1 Å². The van der Waals surface area contributed by atoms with Gasteiger partial charge in [-0.05, 0) is 135 Å². The van der Waals surface area contributed by atoms with E-state index in [0.717, 1.165) is 74.0 Å². The number of esters is 1. The molecule has 0 bridgehead atoms. The van der Waals surface area contributed by atoms with Crippen LogP contribution in [-0.4, -0.2) is 58.4 Å². The third-order valence-electron chi connectivity index (χ3n) is 14.2. The molecule has 53 heavy (non-hydrogen) atoms. The molecule has 4 saturated carbocycles. The molecule has 4 fully saturated rings. The zero-order valence-electron chi connectivity index (χ0n) is 33.0. The molecule has 9 nitrogen and oxygen atoms in total. The summed E-state index contributed by atoms with van der Waals surface area (Å²) in [7, 11) is 4.85. The minimum Gasteiger partial charge on any atom is -0.497 e. The van der Waals surface area contributed by atoms with Crippen molar-refractivity contribution in [1.82, 2.24) is 0 Å². The molecule has 0 aliphatic heterocycles. The molecular weight excluding hydrogens is 672 g/mol. The van der Waals surface area contributed by atoms with Gasteiger partial charge in [-0.15, -0.1) is 0 Å². The fourth-order valence-corrected chi connectivity index (χ4v) is 11.4. The summed E-state index contributed by atoms with van der Waals surface area (Å²) in [6.07, 6.45) is 7.34. The summed E-state index contributed by atoms with van der Waals surface area (Å²) < 4.78 is 41.2.